The van der Waals surface area contributed by atoms with Gasteiger partial charge in [-0.15, -0.1) is 0 Å². The van der Waals surface area contributed by atoms with E-state index < -0.39 is 16.8 Å². The summed E-state index contributed by atoms with van der Waals surface area (Å²) in [5, 5.41) is 9.55. The molecule has 2 aromatic rings. The van der Waals surface area contributed by atoms with E-state index in [0.29, 0.717) is 30.8 Å². The van der Waals surface area contributed by atoms with Gasteiger partial charge >= 0.3 is 0 Å². The number of amides is 1. The Balaban J connectivity index is 2.00. The molecule has 1 aliphatic heterocycles. The van der Waals surface area contributed by atoms with Crippen molar-refractivity contribution in [1.82, 2.24) is 9.47 Å². The van der Waals surface area contributed by atoms with Crippen LogP contribution in [0.25, 0.3) is 5.69 Å². The van der Waals surface area contributed by atoms with Crippen molar-refractivity contribution in [2.24, 2.45) is 5.41 Å². The van der Waals surface area contributed by atoms with Crippen molar-refractivity contribution < 1.29 is 9.18 Å². The fourth-order valence-corrected chi connectivity index (χ4v) is 3.61. The molecule has 1 aliphatic rings. The monoisotopic (exact) mass is 367 g/mol. The Morgan fingerprint density at radius 1 is 1.30 bits per heavy atom. The summed E-state index contributed by atoms with van der Waals surface area (Å²) in [6.07, 6.45) is 3.76. The molecule has 1 aromatic heterocycles. The second kappa shape index (κ2) is 7.36. The smallest absolute Gasteiger partial charge is 0.268 e. The molecule has 27 heavy (non-hydrogen) atoms. The molecule has 140 valence electrons. The highest BCUT2D eigenvalue weighted by molar-refractivity contribution is 5.95. The van der Waals surface area contributed by atoms with Crippen molar-refractivity contribution in [3.05, 3.63) is 63.8 Å². The van der Waals surface area contributed by atoms with Gasteiger partial charge in [-0.2, -0.15) is 5.26 Å². The molecular formula is C21H22FN3O2. The van der Waals surface area contributed by atoms with E-state index in [1.807, 2.05) is 6.92 Å². The number of rotatable bonds is 3. The number of nitriles is 1. The zero-order valence-corrected chi connectivity index (χ0v) is 15.5. The first kappa shape index (κ1) is 18.8. The zero-order chi connectivity index (χ0) is 19.6. The van der Waals surface area contributed by atoms with E-state index in [0.717, 1.165) is 12.8 Å². The van der Waals surface area contributed by atoms with E-state index in [4.69, 9.17) is 0 Å². The molecule has 1 atom stereocenters. The Hall–Kier alpha value is -2.94. The van der Waals surface area contributed by atoms with Crippen LogP contribution in [0.4, 0.5) is 4.39 Å². The Bertz CT molecular complexity index is 959. The normalized spacial score (nSPS) is 19.6. The number of pyridine rings is 1. The van der Waals surface area contributed by atoms with Crippen molar-refractivity contribution in [2.75, 3.05) is 13.1 Å². The van der Waals surface area contributed by atoms with Gasteiger partial charge in [-0.1, -0.05) is 6.92 Å². The van der Waals surface area contributed by atoms with Crippen molar-refractivity contribution >= 4 is 5.91 Å². The van der Waals surface area contributed by atoms with Gasteiger partial charge in [-0.05, 0) is 62.1 Å². The number of nitrogens with zero attached hydrogens (tertiary/aromatic N) is 3. The summed E-state index contributed by atoms with van der Waals surface area (Å²) in [7, 11) is 0. The maximum atomic E-state index is 13.2. The van der Waals surface area contributed by atoms with Crippen LogP contribution in [0.15, 0.2) is 41.3 Å². The first-order valence-corrected chi connectivity index (χ1v) is 9.09. The number of hydrogen-bond acceptors (Lipinski definition) is 3. The number of aromatic nitrogens is 1. The Labute approximate surface area is 157 Å². The van der Waals surface area contributed by atoms with E-state index in [1.165, 1.54) is 28.8 Å². The third-order valence-electron chi connectivity index (χ3n) is 5.40. The standard InChI is InChI=1S/C21H22FN3O2/c1-3-21(13-23)10-4-11-24(14-21)19(26)18-15(2)9-12-25(20(18)27)17-7-5-16(22)6-8-17/h5-9,12H,3-4,10-11,14H2,1-2H3. The van der Waals surface area contributed by atoms with Crippen molar-refractivity contribution in [1.29, 1.82) is 5.26 Å². The summed E-state index contributed by atoms with van der Waals surface area (Å²) >= 11 is 0. The Morgan fingerprint density at radius 3 is 2.63 bits per heavy atom. The minimum absolute atomic E-state index is 0.103. The molecule has 0 N–H and O–H groups in total. The van der Waals surface area contributed by atoms with Crippen LogP contribution in [0.5, 0.6) is 0 Å². The number of likely N-dealkylation sites (tertiary alicyclic amines) is 1. The number of aryl methyl sites for hydroxylation is 1. The number of carbonyl (C=O) groups is 1. The van der Waals surface area contributed by atoms with Crippen LogP contribution in [0.1, 0.15) is 42.1 Å². The second-order valence-electron chi connectivity index (χ2n) is 7.10. The van der Waals surface area contributed by atoms with E-state index in [2.05, 4.69) is 6.07 Å². The fraction of sp³-hybridized carbons (Fsp3) is 0.381. The number of piperidine rings is 1. The van der Waals surface area contributed by atoms with Crippen LogP contribution in [0.3, 0.4) is 0 Å². The molecule has 1 unspecified atom stereocenters. The molecule has 1 saturated heterocycles. The summed E-state index contributed by atoms with van der Waals surface area (Å²) in [6.45, 7) is 4.55. The van der Waals surface area contributed by atoms with Gasteiger partial charge in [0.25, 0.3) is 11.5 Å². The lowest BCUT2D eigenvalue weighted by molar-refractivity contribution is 0.0601. The van der Waals surface area contributed by atoms with Gasteiger partial charge in [-0.3, -0.25) is 14.2 Å². The molecule has 1 amide bonds. The first-order valence-electron chi connectivity index (χ1n) is 9.09. The minimum atomic E-state index is -0.549. The largest absolute Gasteiger partial charge is 0.337 e. The van der Waals surface area contributed by atoms with Crippen LogP contribution in [0, 0.1) is 29.5 Å². The van der Waals surface area contributed by atoms with Crippen LogP contribution < -0.4 is 5.56 Å². The van der Waals surface area contributed by atoms with Gasteiger partial charge in [0.1, 0.15) is 11.4 Å². The van der Waals surface area contributed by atoms with Crippen molar-refractivity contribution in [3.63, 3.8) is 0 Å². The number of hydrogen-bond donors (Lipinski definition) is 0. The molecule has 1 aromatic carbocycles. The van der Waals surface area contributed by atoms with E-state index >= 15 is 0 Å². The maximum absolute atomic E-state index is 13.2. The predicted octanol–water partition coefficient (Wildman–Crippen LogP) is 3.44. The van der Waals surface area contributed by atoms with Gasteiger partial charge in [0, 0.05) is 25.0 Å². The minimum Gasteiger partial charge on any atom is -0.337 e. The molecule has 5 nitrogen and oxygen atoms in total. The Kier molecular flexibility index (Phi) is 5.13. The Morgan fingerprint density at radius 2 is 2.00 bits per heavy atom. The fourth-order valence-electron chi connectivity index (χ4n) is 3.61. The maximum Gasteiger partial charge on any atom is 0.268 e. The van der Waals surface area contributed by atoms with E-state index in [-0.39, 0.29) is 11.5 Å². The van der Waals surface area contributed by atoms with E-state index in [1.54, 1.807) is 24.1 Å². The molecule has 0 bridgehead atoms. The lowest BCUT2D eigenvalue weighted by atomic mass is 9.79. The highest BCUT2D eigenvalue weighted by atomic mass is 19.1. The van der Waals surface area contributed by atoms with Crippen LogP contribution >= 0.6 is 0 Å². The predicted molar refractivity (Wildman–Crippen MR) is 100 cm³/mol. The molecule has 0 saturated carbocycles. The SMILES string of the molecule is CCC1(C#N)CCCN(C(=O)c2c(C)ccn(-c3ccc(F)cc3)c2=O)C1. The number of halogens is 1. The molecule has 2 heterocycles. The van der Waals surface area contributed by atoms with Gasteiger partial charge < -0.3 is 4.90 Å². The van der Waals surface area contributed by atoms with Crippen LogP contribution in [0.2, 0.25) is 0 Å². The molecular weight excluding hydrogens is 345 g/mol. The van der Waals surface area contributed by atoms with Crippen molar-refractivity contribution in [3.8, 4) is 11.8 Å². The van der Waals surface area contributed by atoms with Gasteiger partial charge in [-0.25, -0.2) is 4.39 Å². The summed E-state index contributed by atoms with van der Waals surface area (Å²) in [6, 6.07) is 9.62. The zero-order valence-electron chi connectivity index (χ0n) is 15.5. The quantitative estimate of drug-likeness (QED) is 0.835. The first-order chi connectivity index (χ1) is 12.9. The van der Waals surface area contributed by atoms with E-state index in [9.17, 15) is 19.2 Å². The van der Waals surface area contributed by atoms with Gasteiger partial charge in [0.05, 0.1) is 11.5 Å². The summed E-state index contributed by atoms with van der Waals surface area (Å²) in [5.41, 5.74) is 0.206. The third kappa shape index (κ3) is 3.50. The summed E-state index contributed by atoms with van der Waals surface area (Å²) in [5.74, 6) is -0.738. The highest BCUT2D eigenvalue weighted by Crippen LogP contribution is 2.33. The summed E-state index contributed by atoms with van der Waals surface area (Å²) < 4.78 is 14.5. The lowest BCUT2D eigenvalue weighted by Gasteiger charge is -2.37. The van der Waals surface area contributed by atoms with Crippen LogP contribution in [-0.4, -0.2) is 28.5 Å². The topological polar surface area (TPSA) is 66.1 Å². The number of carbonyl (C=O) groups excluding carboxylic acids is 1. The second-order valence-corrected chi connectivity index (χ2v) is 7.10. The molecule has 0 aliphatic carbocycles. The molecule has 0 radical (unpaired) electrons. The van der Waals surface area contributed by atoms with Gasteiger partial charge in [0.15, 0.2) is 0 Å². The van der Waals surface area contributed by atoms with Gasteiger partial charge in [0.2, 0.25) is 0 Å². The average molecular weight is 367 g/mol. The molecule has 3 rings (SSSR count). The number of benzene rings is 1. The highest BCUT2D eigenvalue weighted by Gasteiger charge is 2.37. The average Bonchev–Trinajstić information content (AvgIpc) is 2.69. The lowest BCUT2D eigenvalue weighted by Crippen LogP contribution is -2.47. The molecule has 1 fully saturated rings. The summed E-state index contributed by atoms with van der Waals surface area (Å²) in [4.78, 5) is 27.8. The molecule has 0 spiro atoms. The molecule has 6 heteroatoms. The van der Waals surface area contributed by atoms with Crippen LogP contribution in [-0.2, 0) is 0 Å². The van der Waals surface area contributed by atoms with Crippen molar-refractivity contribution in [2.45, 2.75) is 33.1 Å². The third-order valence-corrected chi connectivity index (χ3v) is 5.40.